The maximum atomic E-state index is 11.3. The minimum Gasteiger partial charge on any atom is -0.355 e. The number of rotatable bonds is 12. The van der Waals surface area contributed by atoms with E-state index in [0.717, 1.165) is 18.3 Å². The minimum absolute atomic E-state index is 0.201. The molecule has 0 saturated heterocycles. The fourth-order valence-electron chi connectivity index (χ4n) is 1.87. The molecule has 0 unspecified atom stereocenters. The van der Waals surface area contributed by atoms with Crippen LogP contribution in [0, 0.1) is 0 Å². The molecule has 0 radical (unpaired) electrons. The molecule has 3 heteroatoms. The first-order chi connectivity index (χ1) is 8.31. The number of amides is 1. The molecule has 0 heterocycles. The molecule has 0 aliphatic rings. The summed E-state index contributed by atoms with van der Waals surface area (Å²) < 4.78 is 0. The van der Waals surface area contributed by atoms with Gasteiger partial charge in [0.2, 0.25) is 5.91 Å². The third-order valence-electron chi connectivity index (χ3n) is 2.92. The Morgan fingerprint density at radius 3 is 2.00 bits per heavy atom. The topological polar surface area (TPSA) is 29.1 Å². The van der Waals surface area contributed by atoms with Gasteiger partial charge in [0.1, 0.15) is 0 Å². The second kappa shape index (κ2) is 14.0. The van der Waals surface area contributed by atoms with Crippen molar-refractivity contribution < 1.29 is 4.79 Å². The molecule has 0 spiro atoms. The number of carbonyl (C=O) groups excluding carboxylic acids is 1. The monoisotopic (exact) mass is 305 g/mol. The van der Waals surface area contributed by atoms with Crippen molar-refractivity contribution >= 4 is 21.8 Å². The van der Waals surface area contributed by atoms with Gasteiger partial charge in [-0.1, -0.05) is 74.2 Å². The van der Waals surface area contributed by atoms with Gasteiger partial charge in [-0.3, -0.25) is 4.79 Å². The van der Waals surface area contributed by atoms with E-state index in [9.17, 15) is 4.79 Å². The standard InChI is InChI=1S/C14H28BrNO/c1-2-3-4-5-6-7-8-9-10-11-14(17)16-13-12-15/h2-13H2,1H3,(H,16,17). The van der Waals surface area contributed by atoms with Gasteiger partial charge in [0.25, 0.3) is 0 Å². The number of unbranched alkanes of at least 4 members (excludes halogenated alkanes) is 8. The second-order valence-corrected chi connectivity index (χ2v) is 5.41. The quantitative estimate of drug-likeness (QED) is 0.420. The fraction of sp³-hybridized carbons (Fsp3) is 0.929. The van der Waals surface area contributed by atoms with Crippen LogP contribution >= 0.6 is 15.9 Å². The lowest BCUT2D eigenvalue weighted by molar-refractivity contribution is -0.121. The highest BCUT2D eigenvalue weighted by Gasteiger charge is 1.99. The van der Waals surface area contributed by atoms with Gasteiger partial charge >= 0.3 is 0 Å². The van der Waals surface area contributed by atoms with Gasteiger partial charge in [-0.25, -0.2) is 0 Å². The van der Waals surface area contributed by atoms with Crippen molar-refractivity contribution in [2.24, 2.45) is 0 Å². The molecule has 0 saturated carbocycles. The predicted octanol–water partition coefficient (Wildman–Crippen LogP) is 4.42. The van der Waals surface area contributed by atoms with Crippen molar-refractivity contribution in [3.63, 3.8) is 0 Å². The summed E-state index contributed by atoms with van der Waals surface area (Å²) in [6, 6.07) is 0. The van der Waals surface area contributed by atoms with Gasteiger partial charge in [-0.05, 0) is 6.42 Å². The summed E-state index contributed by atoms with van der Waals surface area (Å²) >= 11 is 3.29. The van der Waals surface area contributed by atoms with Crippen LogP contribution in [0.2, 0.25) is 0 Å². The van der Waals surface area contributed by atoms with Crippen molar-refractivity contribution in [2.75, 3.05) is 11.9 Å². The molecule has 0 aromatic rings. The highest BCUT2D eigenvalue weighted by atomic mass is 79.9. The maximum Gasteiger partial charge on any atom is 0.220 e. The lowest BCUT2D eigenvalue weighted by atomic mass is 10.1. The summed E-state index contributed by atoms with van der Waals surface area (Å²) in [5.41, 5.74) is 0. The molecule has 0 aromatic heterocycles. The Morgan fingerprint density at radius 1 is 0.941 bits per heavy atom. The molecular weight excluding hydrogens is 278 g/mol. The van der Waals surface area contributed by atoms with Gasteiger partial charge in [-0.15, -0.1) is 0 Å². The molecule has 0 aromatic carbocycles. The molecule has 17 heavy (non-hydrogen) atoms. The van der Waals surface area contributed by atoms with Crippen LogP contribution in [0.25, 0.3) is 0 Å². The van der Waals surface area contributed by atoms with E-state index in [1.54, 1.807) is 0 Å². The zero-order chi connectivity index (χ0) is 12.8. The molecule has 0 rings (SSSR count). The van der Waals surface area contributed by atoms with E-state index < -0.39 is 0 Å². The number of hydrogen-bond donors (Lipinski definition) is 1. The lowest BCUT2D eigenvalue weighted by Gasteiger charge is -2.03. The number of alkyl halides is 1. The number of nitrogens with one attached hydrogen (secondary N) is 1. The Balaban J connectivity index is 3.05. The number of halogens is 1. The largest absolute Gasteiger partial charge is 0.355 e. The van der Waals surface area contributed by atoms with E-state index in [0.29, 0.717) is 6.42 Å². The Morgan fingerprint density at radius 2 is 1.47 bits per heavy atom. The third kappa shape index (κ3) is 13.9. The molecule has 0 atom stereocenters. The molecule has 102 valence electrons. The van der Waals surface area contributed by atoms with Crippen LogP contribution in [0.4, 0.5) is 0 Å². The van der Waals surface area contributed by atoms with E-state index in [1.807, 2.05) is 0 Å². The summed E-state index contributed by atoms with van der Waals surface area (Å²) in [5, 5.41) is 3.72. The normalized spacial score (nSPS) is 10.5. The van der Waals surface area contributed by atoms with E-state index in [-0.39, 0.29) is 5.91 Å². The molecule has 0 bridgehead atoms. The van der Waals surface area contributed by atoms with E-state index in [4.69, 9.17) is 0 Å². The van der Waals surface area contributed by atoms with Crippen molar-refractivity contribution in [1.29, 1.82) is 0 Å². The molecule has 1 N–H and O–H groups in total. The Bertz CT molecular complexity index is 174. The van der Waals surface area contributed by atoms with Gasteiger partial charge in [0.15, 0.2) is 0 Å². The van der Waals surface area contributed by atoms with Crippen molar-refractivity contribution in [2.45, 2.75) is 71.1 Å². The first kappa shape index (κ1) is 16.9. The average Bonchev–Trinajstić information content (AvgIpc) is 2.34. The van der Waals surface area contributed by atoms with Crippen LogP contribution in [-0.2, 0) is 4.79 Å². The molecule has 2 nitrogen and oxygen atoms in total. The Hall–Kier alpha value is -0.0500. The van der Waals surface area contributed by atoms with Crippen molar-refractivity contribution in [1.82, 2.24) is 5.32 Å². The Kier molecular flexibility index (Phi) is 14.0. The summed E-state index contributed by atoms with van der Waals surface area (Å²) in [7, 11) is 0. The number of carbonyl (C=O) groups is 1. The number of hydrogen-bond acceptors (Lipinski definition) is 1. The summed E-state index contributed by atoms with van der Waals surface area (Å²) in [5.74, 6) is 0.201. The van der Waals surface area contributed by atoms with Gasteiger partial charge in [0, 0.05) is 18.3 Å². The van der Waals surface area contributed by atoms with Crippen LogP contribution < -0.4 is 5.32 Å². The zero-order valence-electron chi connectivity index (χ0n) is 11.3. The van der Waals surface area contributed by atoms with Crippen LogP contribution in [0.5, 0.6) is 0 Å². The minimum atomic E-state index is 0.201. The van der Waals surface area contributed by atoms with Crippen LogP contribution in [0.15, 0.2) is 0 Å². The zero-order valence-corrected chi connectivity index (χ0v) is 12.9. The van der Waals surface area contributed by atoms with Crippen molar-refractivity contribution in [3.05, 3.63) is 0 Å². The first-order valence-corrected chi connectivity index (χ1v) is 8.26. The van der Waals surface area contributed by atoms with Crippen LogP contribution in [-0.4, -0.2) is 17.8 Å². The molecule has 0 fully saturated rings. The van der Waals surface area contributed by atoms with Crippen molar-refractivity contribution in [3.8, 4) is 0 Å². The fourth-order valence-corrected chi connectivity index (χ4v) is 2.07. The second-order valence-electron chi connectivity index (χ2n) is 4.62. The molecule has 0 aliphatic heterocycles. The van der Waals surface area contributed by atoms with E-state index in [2.05, 4.69) is 28.2 Å². The van der Waals surface area contributed by atoms with Gasteiger partial charge in [-0.2, -0.15) is 0 Å². The lowest BCUT2D eigenvalue weighted by Crippen LogP contribution is -2.24. The molecular formula is C14H28BrNO. The van der Waals surface area contributed by atoms with Gasteiger partial charge < -0.3 is 5.32 Å². The highest BCUT2D eigenvalue weighted by Crippen LogP contribution is 2.10. The Labute approximate surface area is 115 Å². The van der Waals surface area contributed by atoms with E-state index in [1.165, 1.54) is 51.4 Å². The van der Waals surface area contributed by atoms with E-state index >= 15 is 0 Å². The third-order valence-corrected chi connectivity index (χ3v) is 3.32. The summed E-state index contributed by atoms with van der Waals surface area (Å²) in [4.78, 5) is 11.3. The van der Waals surface area contributed by atoms with Crippen LogP contribution in [0.1, 0.15) is 71.1 Å². The predicted molar refractivity (Wildman–Crippen MR) is 78.6 cm³/mol. The molecule has 1 amide bonds. The molecule has 0 aliphatic carbocycles. The summed E-state index contributed by atoms with van der Waals surface area (Å²) in [6.45, 7) is 3.00. The maximum absolute atomic E-state index is 11.3. The van der Waals surface area contributed by atoms with Gasteiger partial charge in [0.05, 0.1) is 0 Å². The average molecular weight is 306 g/mol. The summed E-state index contributed by atoms with van der Waals surface area (Å²) in [6.07, 6.45) is 12.4. The van der Waals surface area contributed by atoms with Crippen LogP contribution in [0.3, 0.4) is 0 Å². The smallest absolute Gasteiger partial charge is 0.220 e. The first-order valence-electron chi connectivity index (χ1n) is 7.14. The highest BCUT2D eigenvalue weighted by molar-refractivity contribution is 9.09. The SMILES string of the molecule is CCCCCCCCCCCC(=O)NCCBr.